The van der Waals surface area contributed by atoms with Gasteiger partial charge in [0.1, 0.15) is 0 Å². The summed E-state index contributed by atoms with van der Waals surface area (Å²) < 4.78 is 1.75. The van der Waals surface area contributed by atoms with E-state index in [1.54, 1.807) is 16.9 Å². The van der Waals surface area contributed by atoms with Gasteiger partial charge in [0.15, 0.2) is 0 Å². The van der Waals surface area contributed by atoms with Crippen molar-refractivity contribution >= 4 is 5.91 Å². The van der Waals surface area contributed by atoms with E-state index in [9.17, 15) is 4.79 Å². The van der Waals surface area contributed by atoms with Crippen LogP contribution in [0.5, 0.6) is 0 Å². The van der Waals surface area contributed by atoms with Gasteiger partial charge in [-0.25, -0.2) is 9.67 Å². The third-order valence-corrected chi connectivity index (χ3v) is 2.97. The van der Waals surface area contributed by atoms with Crippen LogP contribution in [0.1, 0.15) is 32.6 Å². The molecule has 0 radical (unpaired) electrons. The molecule has 4 nitrogen and oxygen atoms in total. The minimum atomic E-state index is -0.0716. The van der Waals surface area contributed by atoms with Crippen LogP contribution in [0.4, 0.5) is 0 Å². The molecule has 0 spiro atoms. The quantitative estimate of drug-likeness (QED) is 0.784. The van der Waals surface area contributed by atoms with Gasteiger partial charge in [-0.1, -0.05) is 38.0 Å². The van der Waals surface area contributed by atoms with Crippen molar-refractivity contribution in [2.45, 2.75) is 32.6 Å². The van der Waals surface area contributed by atoms with Crippen LogP contribution in [0.3, 0.4) is 0 Å². The van der Waals surface area contributed by atoms with Gasteiger partial charge in [0.05, 0.1) is 17.2 Å². The van der Waals surface area contributed by atoms with Gasteiger partial charge in [-0.3, -0.25) is 4.79 Å². The van der Waals surface area contributed by atoms with Crippen molar-refractivity contribution < 1.29 is 4.79 Å². The molecule has 0 aliphatic heterocycles. The molecule has 0 atom stereocenters. The summed E-state index contributed by atoms with van der Waals surface area (Å²) in [6.45, 7) is 2.12. The lowest BCUT2D eigenvalue weighted by Crippen LogP contribution is -2.11. The zero-order chi connectivity index (χ0) is 14.2. The maximum Gasteiger partial charge on any atom is 0.246 e. The van der Waals surface area contributed by atoms with Crippen LogP contribution in [0.15, 0.2) is 53.8 Å². The third-order valence-electron chi connectivity index (χ3n) is 2.97. The molecule has 0 fully saturated rings. The van der Waals surface area contributed by atoms with Crippen molar-refractivity contribution in [2.75, 3.05) is 0 Å². The molecule has 0 N–H and O–H groups in total. The first-order valence-corrected chi connectivity index (χ1v) is 6.97. The van der Waals surface area contributed by atoms with Crippen LogP contribution in [0, 0.1) is 0 Å². The Labute approximate surface area is 118 Å². The van der Waals surface area contributed by atoms with Gasteiger partial charge in [0, 0.05) is 12.6 Å². The topological polar surface area (TPSA) is 47.2 Å². The Balaban J connectivity index is 2.06. The van der Waals surface area contributed by atoms with Gasteiger partial charge in [0.25, 0.3) is 0 Å². The van der Waals surface area contributed by atoms with E-state index in [1.807, 2.05) is 36.5 Å². The molecular weight excluding hydrogens is 250 g/mol. The first-order valence-electron chi connectivity index (χ1n) is 6.97. The van der Waals surface area contributed by atoms with Gasteiger partial charge in [-0.15, -0.1) is 0 Å². The number of nitrogens with zero attached hydrogens (tertiary/aromatic N) is 3. The monoisotopic (exact) mass is 269 g/mol. The highest BCUT2D eigenvalue weighted by molar-refractivity contribution is 5.76. The summed E-state index contributed by atoms with van der Waals surface area (Å²) in [5.74, 6) is -0.0716. The van der Waals surface area contributed by atoms with Crippen molar-refractivity contribution in [3.63, 3.8) is 0 Å². The highest BCUT2D eigenvalue weighted by Gasteiger charge is 1.98. The van der Waals surface area contributed by atoms with E-state index in [4.69, 9.17) is 0 Å². The number of benzene rings is 1. The largest absolute Gasteiger partial charge is 0.273 e. The van der Waals surface area contributed by atoms with E-state index < -0.39 is 0 Å². The smallest absolute Gasteiger partial charge is 0.246 e. The second kappa shape index (κ2) is 7.38. The minimum absolute atomic E-state index is 0.0716. The molecule has 1 heterocycles. The molecule has 4 heteroatoms. The number of aromatic nitrogens is 2. The van der Waals surface area contributed by atoms with E-state index in [2.05, 4.69) is 17.0 Å². The van der Waals surface area contributed by atoms with Gasteiger partial charge >= 0.3 is 0 Å². The van der Waals surface area contributed by atoms with E-state index >= 15 is 0 Å². The fourth-order valence-electron chi connectivity index (χ4n) is 1.88. The first kappa shape index (κ1) is 14.2. The van der Waals surface area contributed by atoms with Crippen molar-refractivity contribution in [2.24, 2.45) is 4.99 Å². The number of hydrogen-bond acceptors (Lipinski definition) is 2. The Bertz CT molecular complexity index is 597. The van der Waals surface area contributed by atoms with E-state index in [0.29, 0.717) is 11.8 Å². The number of amides is 1. The zero-order valence-electron chi connectivity index (χ0n) is 11.7. The number of unbranched alkanes of at least 4 members (excludes halogenated alkanes) is 2. The number of rotatable bonds is 5. The van der Waals surface area contributed by atoms with Gasteiger partial charge in [-0.2, -0.15) is 5.10 Å². The number of hydrogen-bond donors (Lipinski definition) is 0. The standard InChI is InChI=1S/C16H19N3O/c1-2-3-5-10-16(20)18-14-11-12-19(17-13-14)15-8-6-4-7-9-15/h4,6-9,11-13H,2-3,5,10H2,1H3/b18-14+. The number of para-hydroxylation sites is 1. The fourth-order valence-corrected chi connectivity index (χ4v) is 1.88. The summed E-state index contributed by atoms with van der Waals surface area (Å²) in [4.78, 5) is 15.7. The molecule has 0 aliphatic carbocycles. The summed E-state index contributed by atoms with van der Waals surface area (Å²) in [5.41, 5.74) is 0.980. The fraction of sp³-hybridized carbons (Fsp3) is 0.312. The summed E-state index contributed by atoms with van der Waals surface area (Å²) in [7, 11) is 0. The zero-order valence-corrected chi connectivity index (χ0v) is 11.7. The summed E-state index contributed by atoms with van der Waals surface area (Å²) in [6, 6.07) is 11.6. The lowest BCUT2D eigenvalue weighted by molar-refractivity contribution is -0.118. The summed E-state index contributed by atoms with van der Waals surface area (Å²) >= 11 is 0. The highest BCUT2D eigenvalue weighted by atomic mass is 16.1. The van der Waals surface area contributed by atoms with E-state index in [-0.39, 0.29) is 5.91 Å². The first-order chi connectivity index (χ1) is 9.79. The Morgan fingerprint density at radius 3 is 2.65 bits per heavy atom. The Morgan fingerprint density at radius 2 is 2.00 bits per heavy atom. The molecule has 1 aromatic carbocycles. The normalized spacial score (nSPS) is 11.6. The average molecular weight is 269 g/mol. The van der Waals surface area contributed by atoms with Crippen molar-refractivity contribution in [3.8, 4) is 5.69 Å². The summed E-state index contributed by atoms with van der Waals surface area (Å²) in [5, 5.41) is 4.88. The second-order valence-corrected chi connectivity index (χ2v) is 4.63. The van der Waals surface area contributed by atoms with Gasteiger partial charge in [-0.05, 0) is 24.6 Å². The molecule has 2 aromatic rings. The molecule has 104 valence electrons. The molecule has 0 unspecified atom stereocenters. The lowest BCUT2D eigenvalue weighted by atomic mass is 10.2. The van der Waals surface area contributed by atoms with Crippen LogP contribution >= 0.6 is 0 Å². The maximum atomic E-state index is 11.6. The number of carbonyl (C=O) groups is 1. The molecule has 0 saturated heterocycles. The van der Waals surface area contributed by atoms with Gasteiger partial charge < -0.3 is 0 Å². The van der Waals surface area contributed by atoms with Crippen LogP contribution in [-0.4, -0.2) is 15.7 Å². The molecule has 2 rings (SSSR count). The SMILES string of the molecule is CCCCCC(=O)/N=c1\ccn(-c2ccccc2)nc1. The number of carbonyl (C=O) groups excluding carboxylic acids is 1. The van der Waals surface area contributed by atoms with E-state index in [0.717, 1.165) is 24.9 Å². The molecule has 0 aliphatic rings. The Morgan fingerprint density at radius 1 is 1.20 bits per heavy atom. The molecule has 1 aromatic heterocycles. The second-order valence-electron chi connectivity index (χ2n) is 4.63. The molecular formula is C16H19N3O. The molecule has 20 heavy (non-hydrogen) atoms. The minimum Gasteiger partial charge on any atom is -0.273 e. The third kappa shape index (κ3) is 4.16. The van der Waals surface area contributed by atoms with Crippen LogP contribution in [0.2, 0.25) is 0 Å². The highest BCUT2D eigenvalue weighted by Crippen LogP contribution is 2.02. The van der Waals surface area contributed by atoms with Crippen LogP contribution in [0.25, 0.3) is 5.69 Å². The maximum absolute atomic E-state index is 11.6. The van der Waals surface area contributed by atoms with Crippen LogP contribution in [-0.2, 0) is 4.79 Å². The average Bonchev–Trinajstić information content (AvgIpc) is 2.49. The van der Waals surface area contributed by atoms with Crippen molar-refractivity contribution in [1.29, 1.82) is 0 Å². The predicted molar refractivity (Wildman–Crippen MR) is 78.3 cm³/mol. The Kier molecular flexibility index (Phi) is 5.24. The van der Waals surface area contributed by atoms with Crippen LogP contribution < -0.4 is 5.36 Å². The summed E-state index contributed by atoms with van der Waals surface area (Å²) in [6.07, 6.45) is 7.03. The molecule has 0 bridgehead atoms. The molecule has 0 saturated carbocycles. The predicted octanol–water partition coefficient (Wildman–Crippen LogP) is 2.88. The molecule has 1 amide bonds. The van der Waals surface area contributed by atoms with Crippen molar-refractivity contribution in [3.05, 3.63) is 54.1 Å². The van der Waals surface area contributed by atoms with E-state index in [1.165, 1.54) is 0 Å². The lowest BCUT2D eigenvalue weighted by Gasteiger charge is -2.03. The Hall–Kier alpha value is -2.23. The van der Waals surface area contributed by atoms with Gasteiger partial charge in [0.2, 0.25) is 5.91 Å². The van der Waals surface area contributed by atoms with Crippen molar-refractivity contribution in [1.82, 2.24) is 9.78 Å².